The zero-order valence-corrected chi connectivity index (χ0v) is 12.9. The molecular formula is C14H28O5. The molecule has 0 radical (unpaired) electrons. The zero-order chi connectivity index (χ0) is 15.1. The molecule has 0 heterocycles. The van der Waals surface area contributed by atoms with E-state index in [4.69, 9.17) is 14.2 Å². The smallest absolute Gasteiger partial charge is 0.293 e. The number of aliphatic hydroxyl groups is 1. The van der Waals surface area contributed by atoms with Gasteiger partial charge in [-0.3, -0.25) is 4.79 Å². The van der Waals surface area contributed by atoms with Crippen LogP contribution in [0.1, 0.15) is 48.0 Å². The summed E-state index contributed by atoms with van der Waals surface area (Å²) in [4.78, 5) is 10.3. The molecule has 0 bridgehead atoms. The van der Waals surface area contributed by atoms with Crippen molar-refractivity contribution in [2.24, 2.45) is 5.41 Å². The van der Waals surface area contributed by atoms with E-state index in [9.17, 15) is 9.90 Å². The van der Waals surface area contributed by atoms with E-state index in [1.807, 2.05) is 20.8 Å². The van der Waals surface area contributed by atoms with Crippen LogP contribution in [0, 0.1) is 5.41 Å². The Morgan fingerprint density at radius 1 is 1.16 bits per heavy atom. The molecule has 2 atom stereocenters. The van der Waals surface area contributed by atoms with Gasteiger partial charge in [-0.25, -0.2) is 0 Å². The Morgan fingerprint density at radius 3 is 2.11 bits per heavy atom. The molecule has 0 aliphatic rings. The Balaban J connectivity index is 4.53. The van der Waals surface area contributed by atoms with Gasteiger partial charge >= 0.3 is 0 Å². The van der Waals surface area contributed by atoms with E-state index >= 15 is 0 Å². The zero-order valence-electron chi connectivity index (χ0n) is 12.9. The average molecular weight is 276 g/mol. The number of carbonyl (C=O) groups excluding carboxylic acids is 1. The highest BCUT2D eigenvalue weighted by atomic mass is 16.7. The van der Waals surface area contributed by atoms with Crippen LogP contribution >= 0.6 is 0 Å². The summed E-state index contributed by atoms with van der Waals surface area (Å²) in [6, 6.07) is 0. The van der Waals surface area contributed by atoms with Gasteiger partial charge in [0.25, 0.3) is 6.47 Å². The Kier molecular flexibility index (Phi) is 7.55. The van der Waals surface area contributed by atoms with Crippen LogP contribution in [0.4, 0.5) is 0 Å². The molecule has 0 aromatic rings. The van der Waals surface area contributed by atoms with E-state index < -0.39 is 11.9 Å². The van der Waals surface area contributed by atoms with Gasteiger partial charge in [0.05, 0.1) is 18.3 Å². The molecule has 2 unspecified atom stereocenters. The Morgan fingerprint density at radius 2 is 1.74 bits per heavy atom. The van der Waals surface area contributed by atoms with E-state index in [1.165, 1.54) is 0 Å². The molecule has 0 aromatic carbocycles. The third-order valence-electron chi connectivity index (χ3n) is 2.17. The molecular weight excluding hydrogens is 248 g/mol. The molecule has 0 aromatic heterocycles. The van der Waals surface area contributed by atoms with Crippen molar-refractivity contribution >= 4 is 6.47 Å². The van der Waals surface area contributed by atoms with E-state index in [0.717, 1.165) is 0 Å². The third kappa shape index (κ3) is 10.9. The van der Waals surface area contributed by atoms with Crippen LogP contribution in [0.3, 0.4) is 0 Å². The largest absolute Gasteiger partial charge is 0.462 e. The number of hydrogen-bond acceptors (Lipinski definition) is 5. The number of carbonyl (C=O) groups is 1. The summed E-state index contributed by atoms with van der Waals surface area (Å²) in [5, 5.41) is 9.37. The monoisotopic (exact) mass is 276 g/mol. The topological polar surface area (TPSA) is 65.0 Å². The van der Waals surface area contributed by atoms with Crippen molar-refractivity contribution < 1.29 is 24.1 Å². The standard InChI is InChI=1S/C14H28O5/c1-13(2,3)7-11(8-15)18-12(9-17-10-16)19-14(4,5)6/h10-12,15H,7-9H2,1-6H3. The van der Waals surface area contributed by atoms with Crippen molar-refractivity contribution in [3.8, 4) is 0 Å². The maximum atomic E-state index is 10.3. The van der Waals surface area contributed by atoms with Crippen LogP contribution in [0.25, 0.3) is 0 Å². The summed E-state index contributed by atoms with van der Waals surface area (Å²) < 4.78 is 16.1. The first-order valence-corrected chi connectivity index (χ1v) is 6.57. The molecule has 0 amide bonds. The van der Waals surface area contributed by atoms with Crippen molar-refractivity contribution in [3.63, 3.8) is 0 Å². The van der Waals surface area contributed by atoms with E-state index in [1.54, 1.807) is 0 Å². The molecule has 114 valence electrons. The number of ether oxygens (including phenoxy) is 3. The van der Waals surface area contributed by atoms with Gasteiger partial charge in [0.2, 0.25) is 0 Å². The van der Waals surface area contributed by atoms with Crippen molar-refractivity contribution in [2.45, 2.75) is 66.0 Å². The van der Waals surface area contributed by atoms with Gasteiger partial charge in [0.1, 0.15) is 6.61 Å². The van der Waals surface area contributed by atoms with E-state index in [-0.39, 0.29) is 24.7 Å². The molecule has 0 aliphatic carbocycles. The third-order valence-corrected chi connectivity index (χ3v) is 2.17. The first-order valence-electron chi connectivity index (χ1n) is 6.57. The minimum absolute atomic E-state index is 0.0153. The van der Waals surface area contributed by atoms with Gasteiger partial charge < -0.3 is 19.3 Å². The average Bonchev–Trinajstić information content (AvgIpc) is 2.20. The van der Waals surface area contributed by atoms with Gasteiger partial charge in [-0.2, -0.15) is 0 Å². The van der Waals surface area contributed by atoms with Crippen molar-refractivity contribution in [1.29, 1.82) is 0 Å². The second-order valence-corrected chi connectivity index (χ2v) is 6.79. The minimum Gasteiger partial charge on any atom is -0.462 e. The highest BCUT2D eigenvalue weighted by Crippen LogP contribution is 2.24. The number of aliphatic hydroxyl groups excluding tert-OH is 1. The summed E-state index contributed by atoms with van der Waals surface area (Å²) in [7, 11) is 0. The normalized spacial score (nSPS) is 15.9. The van der Waals surface area contributed by atoms with Gasteiger partial charge in [-0.15, -0.1) is 0 Å². The Bertz CT molecular complexity index is 252. The summed E-state index contributed by atoms with van der Waals surface area (Å²) in [6.45, 7) is 12.2. The predicted molar refractivity (Wildman–Crippen MR) is 72.7 cm³/mol. The van der Waals surface area contributed by atoms with Crippen molar-refractivity contribution in [3.05, 3.63) is 0 Å². The maximum absolute atomic E-state index is 10.3. The van der Waals surface area contributed by atoms with Crippen LogP contribution in [0.5, 0.6) is 0 Å². The lowest BCUT2D eigenvalue weighted by molar-refractivity contribution is -0.239. The fraction of sp³-hybridized carbons (Fsp3) is 0.929. The summed E-state index contributed by atoms with van der Waals surface area (Å²) in [6.07, 6.45) is -0.332. The number of hydrogen-bond donors (Lipinski definition) is 1. The molecule has 0 aliphatic heterocycles. The number of rotatable bonds is 8. The molecule has 0 saturated carbocycles. The van der Waals surface area contributed by atoms with E-state index in [2.05, 4.69) is 20.8 Å². The van der Waals surface area contributed by atoms with Gasteiger partial charge in [-0.1, -0.05) is 20.8 Å². The molecule has 5 nitrogen and oxygen atoms in total. The lowest BCUT2D eigenvalue weighted by Crippen LogP contribution is -2.37. The van der Waals surface area contributed by atoms with Crippen LogP contribution in [0.2, 0.25) is 0 Å². The fourth-order valence-corrected chi connectivity index (χ4v) is 1.67. The Hall–Kier alpha value is -0.650. The fourth-order valence-electron chi connectivity index (χ4n) is 1.67. The molecule has 5 heteroatoms. The first-order chi connectivity index (χ1) is 8.57. The second-order valence-electron chi connectivity index (χ2n) is 6.79. The van der Waals surface area contributed by atoms with Crippen LogP contribution in [0.15, 0.2) is 0 Å². The lowest BCUT2D eigenvalue weighted by atomic mass is 9.89. The van der Waals surface area contributed by atoms with Crippen molar-refractivity contribution in [2.75, 3.05) is 13.2 Å². The molecule has 0 fully saturated rings. The quantitative estimate of drug-likeness (QED) is 0.543. The van der Waals surface area contributed by atoms with Crippen molar-refractivity contribution in [1.82, 2.24) is 0 Å². The molecule has 19 heavy (non-hydrogen) atoms. The van der Waals surface area contributed by atoms with Crippen LogP contribution < -0.4 is 0 Å². The first kappa shape index (κ1) is 18.4. The van der Waals surface area contributed by atoms with Gasteiger partial charge in [0.15, 0.2) is 6.29 Å². The lowest BCUT2D eigenvalue weighted by Gasteiger charge is -2.31. The van der Waals surface area contributed by atoms with E-state index in [0.29, 0.717) is 12.9 Å². The highest BCUT2D eigenvalue weighted by Gasteiger charge is 2.26. The van der Waals surface area contributed by atoms with Gasteiger partial charge in [-0.05, 0) is 32.6 Å². The van der Waals surface area contributed by atoms with Crippen LogP contribution in [-0.2, 0) is 19.0 Å². The van der Waals surface area contributed by atoms with Crippen LogP contribution in [-0.4, -0.2) is 42.8 Å². The molecule has 1 N–H and O–H groups in total. The predicted octanol–water partition coefficient (Wildman–Crippen LogP) is 2.11. The van der Waals surface area contributed by atoms with Gasteiger partial charge in [0, 0.05) is 0 Å². The maximum Gasteiger partial charge on any atom is 0.293 e. The molecule has 0 saturated heterocycles. The minimum atomic E-state index is -0.676. The Labute approximate surface area is 116 Å². The molecule has 0 rings (SSSR count). The highest BCUT2D eigenvalue weighted by molar-refractivity contribution is 5.36. The second kappa shape index (κ2) is 7.82. The summed E-state index contributed by atoms with van der Waals surface area (Å²) in [5.74, 6) is 0. The summed E-state index contributed by atoms with van der Waals surface area (Å²) >= 11 is 0. The summed E-state index contributed by atoms with van der Waals surface area (Å²) in [5.41, 5.74) is -0.385. The molecule has 0 spiro atoms. The SMILES string of the molecule is CC(C)(C)CC(CO)OC(COC=O)OC(C)(C)C.